The van der Waals surface area contributed by atoms with Crippen molar-refractivity contribution in [2.75, 3.05) is 0 Å². The summed E-state index contributed by atoms with van der Waals surface area (Å²) in [5, 5.41) is 16.9. The molecule has 2 N–H and O–H groups in total. The van der Waals surface area contributed by atoms with Crippen LogP contribution in [-0.4, -0.2) is 27.9 Å². The Labute approximate surface area is 68.0 Å². The zero-order chi connectivity index (χ0) is 9.30. The lowest BCUT2D eigenvalue weighted by Gasteiger charge is -2.01. The van der Waals surface area contributed by atoms with Crippen molar-refractivity contribution in [1.29, 1.82) is 0 Å². The molecule has 1 rings (SSSR count). The predicted molar refractivity (Wildman–Crippen MR) is 36.5 cm³/mol. The van der Waals surface area contributed by atoms with Gasteiger partial charge in [-0.25, -0.2) is 0 Å². The molecule has 1 aliphatic rings. The first-order valence-corrected chi connectivity index (χ1v) is 3.53. The first-order valence-electron chi connectivity index (χ1n) is 3.53. The highest BCUT2D eigenvalue weighted by molar-refractivity contribution is 6.09. The molecular weight excluding hydrogens is 164 g/mol. The second-order valence-electron chi connectivity index (χ2n) is 2.76. The van der Waals surface area contributed by atoms with Crippen molar-refractivity contribution >= 4 is 17.7 Å². The van der Waals surface area contributed by atoms with Gasteiger partial charge in [-0.3, -0.25) is 14.4 Å². The maximum atomic E-state index is 11.0. The highest BCUT2D eigenvalue weighted by Gasteiger charge is 2.42. The maximum absolute atomic E-state index is 11.0. The molecule has 0 amide bonds. The molecule has 0 saturated heterocycles. The largest absolute Gasteiger partial charge is 0.481 e. The fourth-order valence-electron chi connectivity index (χ4n) is 1.35. The fraction of sp³-hybridized carbons (Fsp3) is 0.571. The van der Waals surface area contributed by atoms with Crippen molar-refractivity contribution < 1.29 is 24.6 Å². The Morgan fingerprint density at radius 2 is 1.42 bits per heavy atom. The molecule has 5 heteroatoms. The van der Waals surface area contributed by atoms with Crippen molar-refractivity contribution in [2.24, 2.45) is 11.8 Å². The van der Waals surface area contributed by atoms with Crippen LogP contribution >= 0.6 is 0 Å². The molecule has 0 bridgehead atoms. The molecule has 2 atom stereocenters. The van der Waals surface area contributed by atoms with Crippen molar-refractivity contribution in [3.05, 3.63) is 0 Å². The quantitative estimate of drug-likeness (QED) is 0.560. The average Bonchev–Trinajstić information content (AvgIpc) is 2.30. The van der Waals surface area contributed by atoms with E-state index in [9.17, 15) is 14.4 Å². The van der Waals surface area contributed by atoms with Crippen LogP contribution in [0, 0.1) is 11.8 Å². The van der Waals surface area contributed by atoms with E-state index in [0.717, 1.165) is 0 Å². The predicted octanol–water partition coefficient (Wildman–Crippen LogP) is -0.249. The topological polar surface area (TPSA) is 91.7 Å². The number of carboxylic acids is 2. The number of hydrogen-bond acceptors (Lipinski definition) is 3. The molecule has 0 aromatic rings. The summed E-state index contributed by atoms with van der Waals surface area (Å²) in [6.45, 7) is 0. The first kappa shape index (κ1) is 8.70. The number of ketones is 1. The van der Waals surface area contributed by atoms with E-state index in [1.165, 1.54) is 0 Å². The van der Waals surface area contributed by atoms with E-state index in [-0.39, 0.29) is 12.8 Å². The monoisotopic (exact) mass is 172 g/mol. The van der Waals surface area contributed by atoms with Gasteiger partial charge in [-0.15, -0.1) is 0 Å². The number of aliphatic carboxylic acids is 2. The standard InChI is InChI=1S/C7H8O5/c8-5-3(6(9)10)1-2-4(5)7(11)12/h3-4H,1-2H2,(H,9,10)(H,11,12)/t3-,4+. The van der Waals surface area contributed by atoms with E-state index >= 15 is 0 Å². The normalized spacial score (nSPS) is 28.8. The summed E-state index contributed by atoms with van der Waals surface area (Å²) in [5.41, 5.74) is 0. The van der Waals surface area contributed by atoms with E-state index in [2.05, 4.69) is 0 Å². The third kappa shape index (κ3) is 1.30. The van der Waals surface area contributed by atoms with Crippen LogP contribution in [0.4, 0.5) is 0 Å². The molecule has 0 aromatic heterocycles. The summed E-state index contributed by atoms with van der Waals surface area (Å²) in [7, 11) is 0. The first-order chi connectivity index (χ1) is 5.54. The van der Waals surface area contributed by atoms with E-state index in [1.807, 2.05) is 0 Å². The summed E-state index contributed by atoms with van der Waals surface area (Å²) in [4.78, 5) is 31.8. The molecule has 1 fully saturated rings. The van der Waals surface area contributed by atoms with Crippen LogP contribution in [0.5, 0.6) is 0 Å². The molecule has 0 aromatic carbocycles. The molecule has 1 saturated carbocycles. The lowest BCUT2D eigenvalue weighted by atomic mass is 10.0. The highest BCUT2D eigenvalue weighted by Crippen LogP contribution is 2.27. The third-order valence-corrected chi connectivity index (χ3v) is 2.03. The molecule has 0 aliphatic heterocycles. The van der Waals surface area contributed by atoms with Gasteiger partial charge in [-0.2, -0.15) is 0 Å². The lowest BCUT2D eigenvalue weighted by Crippen LogP contribution is -2.25. The number of rotatable bonds is 2. The van der Waals surface area contributed by atoms with E-state index < -0.39 is 29.6 Å². The van der Waals surface area contributed by atoms with E-state index in [4.69, 9.17) is 10.2 Å². The SMILES string of the molecule is O=C(O)[C@H]1CC[C@@H](C(=O)O)C1=O. The van der Waals surface area contributed by atoms with Gasteiger partial charge in [0.25, 0.3) is 0 Å². The van der Waals surface area contributed by atoms with Gasteiger partial charge in [-0.1, -0.05) is 0 Å². The summed E-state index contributed by atoms with van der Waals surface area (Å²) < 4.78 is 0. The molecule has 0 radical (unpaired) electrons. The van der Waals surface area contributed by atoms with Crippen LogP contribution in [0.25, 0.3) is 0 Å². The summed E-state index contributed by atoms with van der Waals surface area (Å²) in [6.07, 6.45) is 0.288. The third-order valence-electron chi connectivity index (χ3n) is 2.03. The van der Waals surface area contributed by atoms with Crippen LogP contribution in [-0.2, 0) is 14.4 Å². The molecular formula is C7H8O5. The van der Waals surface area contributed by atoms with Crippen molar-refractivity contribution in [1.82, 2.24) is 0 Å². The lowest BCUT2D eigenvalue weighted by molar-refractivity contribution is -0.148. The van der Waals surface area contributed by atoms with Crippen molar-refractivity contribution in [3.63, 3.8) is 0 Å². The fourth-order valence-corrected chi connectivity index (χ4v) is 1.35. The highest BCUT2D eigenvalue weighted by atomic mass is 16.4. The Bertz CT molecular complexity index is 220. The maximum Gasteiger partial charge on any atom is 0.314 e. The second-order valence-corrected chi connectivity index (χ2v) is 2.76. The molecule has 1 aliphatic carbocycles. The van der Waals surface area contributed by atoms with Gasteiger partial charge in [0.1, 0.15) is 11.8 Å². The minimum atomic E-state index is -1.22. The minimum absolute atomic E-state index is 0.144. The molecule has 5 nitrogen and oxygen atoms in total. The Kier molecular flexibility index (Phi) is 2.12. The summed E-state index contributed by atoms with van der Waals surface area (Å²) in [6, 6.07) is 0. The second kappa shape index (κ2) is 2.92. The Hall–Kier alpha value is -1.39. The van der Waals surface area contributed by atoms with Crippen molar-refractivity contribution in [3.8, 4) is 0 Å². The van der Waals surface area contributed by atoms with Crippen LogP contribution in [0.2, 0.25) is 0 Å². The zero-order valence-electron chi connectivity index (χ0n) is 6.19. The van der Waals surface area contributed by atoms with Crippen LogP contribution < -0.4 is 0 Å². The molecule has 0 heterocycles. The smallest absolute Gasteiger partial charge is 0.314 e. The zero-order valence-corrected chi connectivity index (χ0v) is 6.19. The van der Waals surface area contributed by atoms with Gasteiger partial charge >= 0.3 is 11.9 Å². The van der Waals surface area contributed by atoms with Gasteiger partial charge in [0.05, 0.1) is 0 Å². The minimum Gasteiger partial charge on any atom is -0.481 e. The molecule has 66 valence electrons. The number of carbonyl (C=O) groups is 3. The number of carbonyl (C=O) groups excluding carboxylic acids is 1. The summed E-state index contributed by atoms with van der Waals surface area (Å²) in [5.74, 6) is -5.32. The van der Waals surface area contributed by atoms with Gasteiger partial charge in [0, 0.05) is 0 Å². The van der Waals surface area contributed by atoms with Gasteiger partial charge in [0.15, 0.2) is 5.78 Å². The number of carboxylic acid groups (broad SMARTS) is 2. The van der Waals surface area contributed by atoms with Crippen LogP contribution in [0.3, 0.4) is 0 Å². The van der Waals surface area contributed by atoms with E-state index in [0.29, 0.717) is 0 Å². The Morgan fingerprint density at radius 1 is 1.08 bits per heavy atom. The number of Topliss-reactive ketones (excluding diaryl/α,β-unsaturated/α-hetero) is 1. The Balaban J connectivity index is 2.74. The molecule has 0 unspecified atom stereocenters. The van der Waals surface area contributed by atoms with Crippen LogP contribution in [0.1, 0.15) is 12.8 Å². The van der Waals surface area contributed by atoms with Crippen molar-refractivity contribution in [2.45, 2.75) is 12.8 Å². The van der Waals surface area contributed by atoms with Gasteiger partial charge < -0.3 is 10.2 Å². The molecule has 0 spiro atoms. The van der Waals surface area contributed by atoms with Crippen LogP contribution in [0.15, 0.2) is 0 Å². The number of hydrogen-bond donors (Lipinski definition) is 2. The Morgan fingerprint density at radius 3 is 1.58 bits per heavy atom. The van der Waals surface area contributed by atoms with E-state index in [1.54, 1.807) is 0 Å². The summed E-state index contributed by atoms with van der Waals surface area (Å²) >= 11 is 0. The molecule has 12 heavy (non-hydrogen) atoms. The average molecular weight is 172 g/mol. The van der Waals surface area contributed by atoms with Gasteiger partial charge in [-0.05, 0) is 12.8 Å². The van der Waals surface area contributed by atoms with Gasteiger partial charge in [0.2, 0.25) is 0 Å².